The molecule has 148 valence electrons. The fraction of sp³-hybridized carbons (Fsp3) is 0.500. The van der Waals surface area contributed by atoms with Gasteiger partial charge in [0.1, 0.15) is 5.69 Å². The molecule has 3 heterocycles. The van der Waals surface area contributed by atoms with E-state index in [1.165, 1.54) is 5.56 Å². The number of carbonyl (C=O) groups is 2. The van der Waals surface area contributed by atoms with Crippen LogP contribution in [-0.4, -0.2) is 56.3 Å². The highest BCUT2D eigenvalue weighted by atomic mass is 16.2. The normalized spacial score (nSPS) is 25.1. The number of fused-ring (bicyclic) bond motifs is 1. The van der Waals surface area contributed by atoms with E-state index >= 15 is 0 Å². The van der Waals surface area contributed by atoms with Crippen LogP contribution in [0.2, 0.25) is 0 Å². The van der Waals surface area contributed by atoms with Gasteiger partial charge in [-0.05, 0) is 18.4 Å². The van der Waals surface area contributed by atoms with E-state index in [-0.39, 0.29) is 29.8 Å². The zero-order valence-corrected chi connectivity index (χ0v) is 16.6. The van der Waals surface area contributed by atoms with E-state index in [0.29, 0.717) is 12.2 Å². The highest BCUT2D eigenvalue weighted by molar-refractivity contribution is 5.93. The van der Waals surface area contributed by atoms with E-state index in [1.807, 2.05) is 35.0 Å². The van der Waals surface area contributed by atoms with Gasteiger partial charge < -0.3 is 14.4 Å². The highest BCUT2D eigenvalue weighted by Gasteiger charge is 2.48. The van der Waals surface area contributed by atoms with Crippen LogP contribution in [0.3, 0.4) is 0 Å². The summed E-state index contributed by atoms with van der Waals surface area (Å²) in [5.74, 6) is 0.198. The predicted octanol–water partition coefficient (Wildman–Crippen LogP) is 2.82. The minimum atomic E-state index is -0.0295. The fourth-order valence-corrected chi connectivity index (χ4v) is 4.89. The monoisotopic (exact) mass is 380 g/mol. The van der Waals surface area contributed by atoms with Crippen molar-refractivity contribution in [2.75, 3.05) is 13.1 Å². The Kier molecular flexibility index (Phi) is 5.20. The molecule has 3 atom stereocenters. The van der Waals surface area contributed by atoms with Gasteiger partial charge in [-0.25, -0.2) is 4.98 Å². The van der Waals surface area contributed by atoms with Crippen LogP contribution in [0.1, 0.15) is 54.6 Å². The van der Waals surface area contributed by atoms with Crippen molar-refractivity contribution in [3.05, 3.63) is 54.1 Å². The quantitative estimate of drug-likeness (QED) is 0.805. The van der Waals surface area contributed by atoms with Crippen molar-refractivity contribution < 1.29 is 9.59 Å². The molecule has 2 amide bonds. The van der Waals surface area contributed by atoms with Crippen LogP contribution in [0, 0.1) is 0 Å². The van der Waals surface area contributed by atoms with Gasteiger partial charge in [0.2, 0.25) is 5.91 Å². The smallest absolute Gasteiger partial charge is 0.274 e. The molecule has 0 unspecified atom stereocenters. The van der Waals surface area contributed by atoms with Gasteiger partial charge in [-0.3, -0.25) is 9.59 Å². The Morgan fingerprint density at radius 1 is 1.07 bits per heavy atom. The largest absolute Gasteiger partial charge is 0.340 e. The van der Waals surface area contributed by atoms with Crippen LogP contribution < -0.4 is 0 Å². The Hall–Kier alpha value is -2.63. The standard InChI is InChI=1S/C22H28N4O2/c1-16(27)25-12-8-4-7-11-20-21(25)18(17-9-5-3-6-10-17)13-26(20)22(28)19-14-24(2)15-23-19/h3,5-6,9-10,14-15,18,20-21H,4,7-8,11-13H2,1-2H3/t18-,20+,21-/m0/s1. The van der Waals surface area contributed by atoms with Crippen molar-refractivity contribution >= 4 is 11.8 Å². The lowest BCUT2D eigenvalue weighted by molar-refractivity contribution is -0.132. The average molecular weight is 380 g/mol. The van der Waals surface area contributed by atoms with Gasteiger partial charge in [0.15, 0.2) is 0 Å². The molecule has 4 rings (SSSR count). The molecular formula is C22H28N4O2. The molecule has 0 spiro atoms. The molecule has 6 nitrogen and oxygen atoms in total. The van der Waals surface area contributed by atoms with Crippen molar-refractivity contribution in [2.24, 2.45) is 7.05 Å². The van der Waals surface area contributed by atoms with E-state index in [2.05, 4.69) is 17.1 Å². The molecule has 2 aliphatic rings. The number of hydrogen-bond acceptors (Lipinski definition) is 3. The molecule has 0 bridgehead atoms. The van der Waals surface area contributed by atoms with Crippen LogP contribution in [0.5, 0.6) is 0 Å². The maximum atomic E-state index is 13.3. The number of nitrogens with zero attached hydrogens (tertiary/aromatic N) is 4. The zero-order valence-electron chi connectivity index (χ0n) is 16.6. The third kappa shape index (κ3) is 3.43. The van der Waals surface area contributed by atoms with Crippen molar-refractivity contribution in [1.82, 2.24) is 19.4 Å². The van der Waals surface area contributed by atoms with Gasteiger partial charge >= 0.3 is 0 Å². The number of aromatic nitrogens is 2. The second-order valence-corrected chi connectivity index (χ2v) is 8.02. The third-order valence-electron chi connectivity index (χ3n) is 6.18. The van der Waals surface area contributed by atoms with Gasteiger partial charge in [0.25, 0.3) is 5.91 Å². The molecule has 0 aliphatic carbocycles. The van der Waals surface area contributed by atoms with E-state index in [0.717, 1.165) is 32.2 Å². The maximum absolute atomic E-state index is 13.3. The molecule has 0 N–H and O–H groups in total. The number of amides is 2. The van der Waals surface area contributed by atoms with Crippen molar-refractivity contribution in [3.63, 3.8) is 0 Å². The first-order valence-corrected chi connectivity index (χ1v) is 10.2. The van der Waals surface area contributed by atoms with Crippen LogP contribution >= 0.6 is 0 Å². The van der Waals surface area contributed by atoms with Crippen molar-refractivity contribution in [1.29, 1.82) is 0 Å². The van der Waals surface area contributed by atoms with Gasteiger partial charge in [-0.1, -0.05) is 43.2 Å². The average Bonchev–Trinajstić information content (AvgIpc) is 3.25. The summed E-state index contributed by atoms with van der Waals surface area (Å²) in [6, 6.07) is 10.4. The molecule has 2 fully saturated rings. The molecule has 1 aromatic heterocycles. The lowest BCUT2D eigenvalue weighted by Gasteiger charge is -2.38. The SMILES string of the molecule is CC(=O)N1CCCCC[C@@H]2[C@@H]1[C@H](c1ccccc1)CN2C(=O)c1cn(C)cn1. The minimum Gasteiger partial charge on any atom is -0.340 e. The van der Waals surface area contributed by atoms with Crippen molar-refractivity contribution in [2.45, 2.75) is 50.6 Å². The van der Waals surface area contributed by atoms with Crippen LogP contribution in [0.25, 0.3) is 0 Å². The Bertz CT molecular complexity index is 847. The number of benzene rings is 1. The lowest BCUT2D eigenvalue weighted by Crippen LogP contribution is -2.51. The molecule has 0 radical (unpaired) electrons. The van der Waals surface area contributed by atoms with Gasteiger partial charge in [-0.2, -0.15) is 0 Å². The first-order valence-electron chi connectivity index (χ1n) is 10.2. The number of rotatable bonds is 2. The summed E-state index contributed by atoms with van der Waals surface area (Å²) < 4.78 is 1.80. The molecule has 6 heteroatoms. The van der Waals surface area contributed by atoms with E-state index in [9.17, 15) is 9.59 Å². The first-order chi connectivity index (χ1) is 13.6. The second-order valence-electron chi connectivity index (χ2n) is 8.02. The summed E-state index contributed by atoms with van der Waals surface area (Å²) in [4.78, 5) is 34.1. The second kappa shape index (κ2) is 7.78. The first kappa shape index (κ1) is 18.7. The van der Waals surface area contributed by atoms with E-state index in [1.54, 1.807) is 24.0 Å². The Morgan fingerprint density at radius 2 is 1.86 bits per heavy atom. The number of likely N-dealkylation sites (tertiary alicyclic amines) is 2. The summed E-state index contributed by atoms with van der Waals surface area (Å²) in [6.07, 6.45) is 7.57. The zero-order chi connectivity index (χ0) is 19.7. The Labute approximate surface area is 166 Å². The lowest BCUT2D eigenvalue weighted by atomic mass is 9.87. The number of imidazole rings is 1. The van der Waals surface area contributed by atoms with Gasteiger partial charge in [0, 0.05) is 39.2 Å². The summed E-state index contributed by atoms with van der Waals surface area (Å²) in [5.41, 5.74) is 1.67. The van der Waals surface area contributed by atoms with E-state index in [4.69, 9.17) is 0 Å². The van der Waals surface area contributed by atoms with Crippen LogP contribution in [0.4, 0.5) is 0 Å². The summed E-state index contributed by atoms with van der Waals surface area (Å²) >= 11 is 0. The highest BCUT2D eigenvalue weighted by Crippen LogP contribution is 2.39. The Morgan fingerprint density at radius 3 is 2.54 bits per heavy atom. The van der Waals surface area contributed by atoms with Gasteiger partial charge in [-0.15, -0.1) is 0 Å². The summed E-state index contributed by atoms with van der Waals surface area (Å²) in [6.45, 7) is 3.05. The Balaban J connectivity index is 1.74. The van der Waals surface area contributed by atoms with Crippen LogP contribution in [-0.2, 0) is 11.8 Å². The van der Waals surface area contributed by atoms with Crippen LogP contribution in [0.15, 0.2) is 42.9 Å². The summed E-state index contributed by atoms with van der Waals surface area (Å²) in [7, 11) is 1.87. The maximum Gasteiger partial charge on any atom is 0.274 e. The molecular weight excluding hydrogens is 352 g/mol. The van der Waals surface area contributed by atoms with E-state index < -0.39 is 0 Å². The summed E-state index contributed by atoms with van der Waals surface area (Å²) in [5, 5.41) is 0. The topological polar surface area (TPSA) is 58.4 Å². The fourth-order valence-electron chi connectivity index (χ4n) is 4.89. The molecule has 0 saturated carbocycles. The molecule has 1 aromatic carbocycles. The molecule has 28 heavy (non-hydrogen) atoms. The predicted molar refractivity (Wildman–Crippen MR) is 107 cm³/mol. The van der Waals surface area contributed by atoms with Gasteiger partial charge in [0.05, 0.1) is 18.4 Å². The third-order valence-corrected chi connectivity index (χ3v) is 6.18. The molecule has 2 saturated heterocycles. The number of aryl methyl sites for hydroxylation is 1. The minimum absolute atomic E-state index is 0.0212. The molecule has 2 aromatic rings. The number of hydrogen-bond donors (Lipinski definition) is 0. The van der Waals surface area contributed by atoms with Crippen molar-refractivity contribution in [3.8, 4) is 0 Å². The number of carbonyl (C=O) groups excluding carboxylic acids is 2. The molecule has 2 aliphatic heterocycles.